The van der Waals surface area contributed by atoms with Gasteiger partial charge in [-0.3, -0.25) is 19.7 Å². The van der Waals surface area contributed by atoms with Crippen molar-refractivity contribution in [3.05, 3.63) is 95.8 Å². The molecule has 1 aliphatic carbocycles. The molecule has 0 aliphatic heterocycles. The van der Waals surface area contributed by atoms with E-state index < -0.39 is 75.4 Å². The van der Waals surface area contributed by atoms with Gasteiger partial charge in [-0.25, -0.2) is 12.8 Å². The number of hydrogen-bond donors (Lipinski definition) is 4. The second-order valence-electron chi connectivity index (χ2n) is 11.1. The van der Waals surface area contributed by atoms with Crippen LogP contribution in [0.3, 0.4) is 0 Å². The fourth-order valence-electron chi connectivity index (χ4n) is 4.83. The van der Waals surface area contributed by atoms with Crippen molar-refractivity contribution in [2.24, 2.45) is 5.92 Å². The number of aromatic hydroxyl groups is 1. The van der Waals surface area contributed by atoms with Crippen molar-refractivity contribution < 1.29 is 45.5 Å². The van der Waals surface area contributed by atoms with Gasteiger partial charge < -0.3 is 15.7 Å². The number of carbonyl (C=O) groups excluding carboxylic acids is 3. The van der Waals surface area contributed by atoms with E-state index in [2.05, 4.69) is 16.0 Å². The molecule has 3 aromatic rings. The molecule has 3 unspecified atom stereocenters. The van der Waals surface area contributed by atoms with Gasteiger partial charge in [-0.2, -0.15) is 13.2 Å². The Morgan fingerprint density at radius 3 is 2.13 bits per heavy atom. The number of nitrogens with one attached hydrogen (secondary N) is 3. The lowest BCUT2D eigenvalue weighted by molar-refractivity contribution is -0.160. The lowest BCUT2D eigenvalue weighted by atomic mass is 10.0. The second kappa shape index (κ2) is 14.9. The third-order valence-corrected chi connectivity index (χ3v) is 9.30. The van der Waals surface area contributed by atoms with Crippen LogP contribution in [0.4, 0.5) is 17.6 Å². The molecular weight excluding hydrogens is 630 g/mol. The van der Waals surface area contributed by atoms with E-state index in [9.17, 15) is 45.5 Å². The maximum absolute atomic E-state index is 14.3. The summed E-state index contributed by atoms with van der Waals surface area (Å²) in [5, 5.41) is 16.8. The summed E-state index contributed by atoms with van der Waals surface area (Å²) in [4.78, 5) is 39.2. The molecule has 4 rings (SSSR count). The van der Waals surface area contributed by atoms with Gasteiger partial charge >= 0.3 is 6.18 Å². The van der Waals surface area contributed by atoms with Crippen LogP contribution < -0.4 is 16.0 Å². The number of carbonyl (C=O) groups is 3. The Morgan fingerprint density at radius 1 is 0.891 bits per heavy atom. The first kappa shape index (κ1) is 34.6. The fraction of sp³-hybridized carbons (Fsp3) is 0.344. The highest BCUT2D eigenvalue weighted by atomic mass is 32.2. The lowest BCUT2D eigenvalue weighted by Gasteiger charge is -2.28. The zero-order valence-corrected chi connectivity index (χ0v) is 25.3. The number of alkyl halides is 3. The molecule has 0 radical (unpaired) electrons. The third kappa shape index (κ3) is 9.60. The van der Waals surface area contributed by atoms with Gasteiger partial charge in [-0.1, -0.05) is 55.3 Å². The van der Waals surface area contributed by atoms with Gasteiger partial charge in [-0.15, -0.1) is 0 Å². The Kier molecular flexibility index (Phi) is 11.2. The normalized spacial score (nSPS) is 15.4. The predicted molar refractivity (Wildman–Crippen MR) is 160 cm³/mol. The molecule has 3 aromatic carbocycles. The molecule has 9 nitrogen and oxygen atoms in total. The number of hydrogen-bond acceptors (Lipinski definition) is 7. The van der Waals surface area contributed by atoms with Crippen LogP contribution in [-0.2, 0) is 19.4 Å². The Labute approximate surface area is 263 Å². The maximum Gasteiger partial charge on any atom is 0.407 e. The second-order valence-corrected chi connectivity index (χ2v) is 13.1. The van der Waals surface area contributed by atoms with E-state index >= 15 is 0 Å². The third-order valence-electron chi connectivity index (χ3n) is 7.54. The highest BCUT2D eigenvalue weighted by molar-refractivity contribution is 7.91. The average molecular weight is 664 g/mol. The standard InChI is InChI=1S/C32H33F4N3O6S/c33-22-15-13-21(14-16-22)29(32(34,35)36)38-26(19-46(44,45)23-6-2-1-3-7-23)31(43)39-25(17-12-20-10-11-20)28(41)18-37-30(42)24-8-4-5-9-27(24)40/h1-9,13-16,20,25-26,29,38,40H,10-12,17-19H2,(H,37,42)(H,39,43). The number of halogens is 4. The van der Waals surface area contributed by atoms with Crippen molar-refractivity contribution in [1.29, 1.82) is 0 Å². The van der Waals surface area contributed by atoms with Crippen molar-refractivity contribution in [3.63, 3.8) is 0 Å². The zero-order chi connectivity index (χ0) is 33.5. The molecule has 46 heavy (non-hydrogen) atoms. The number of sulfone groups is 1. The van der Waals surface area contributed by atoms with E-state index in [1.54, 1.807) is 6.07 Å². The van der Waals surface area contributed by atoms with Crippen molar-refractivity contribution in [2.45, 2.75) is 54.9 Å². The summed E-state index contributed by atoms with van der Waals surface area (Å²) >= 11 is 0. The van der Waals surface area contributed by atoms with Gasteiger partial charge in [0.05, 0.1) is 28.8 Å². The van der Waals surface area contributed by atoms with Gasteiger partial charge in [-0.05, 0) is 60.7 Å². The quantitative estimate of drug-likeness (QED) is 0.178. The summed E-state index contributed by atoms with van der Waals surface area (Å²) in [5.74, 6) is -4.53. The number of phenols is 1. The van der Waals surface area contributed by atoms with Crippen molar-refractivity contribution in [2.75, 3.05) is 12.3 Å². The number of benzene rings is 3. The van der Waals surface area contributed by atoms with Crippen molar-refractivity contribution >= 4 is 27.4 Å². The van der Waals surface area contributed by atoms with Crippen LogP contribution in [0.15, 0.2) is 83.8 Å². The molecule has 1 fully saturated rings. The topological polar surface area (TPSA) is 142 Å². The van der Waals surface area contributed by atoms with E-state index in [0.29, 0.717) is 12.3 Å². The first-order valence-electron chi connectivity index (χ1n) is 14.5. The van der Waals surface area contributed by atoms with E-state index in [0.717, 1.165) is 37.1 Å². The number of Topliss-reactive ketones (excluding diaryl/α,β-unsaturated/α-hetero) is 1. The van der Waals surface area contributed by atoms with Crippen LogP contribution in [0.5, 0.6) is 5.75 Å². The summed E-state index contributed by atoms with van der Waals surface area (Å²) in [7, 11) is -4.33. The smallest absolute Gasteiger partial charge is 0.407 e. The van der Waals surface area contributed by atoms with Crippen LogP contribution >= 0.6 is 0 Å². The van der Waals surface area contributed by atoms with Gasteiger partial charge in [0.15, 0.2) is 15.6 Å². The monoisotopic (exact) mass is 663 g/mol. The number of amides is 2. The SMILES string of the molecule is O=C(NCC(=O)C(CCC1CC1)NC(=O)C(CS(=O)(=O)c1ccccc1)NC(c1ccc(F)cc1)C(F)(F)F)c1ccccc1O. The molecule has 14 heteroatoms. The van der Waals surface area contributed by atoms with Gasteiger partial charge in [0.2, 0.25) is 5.91 Å². The van der Waals surface area contributed by atoms with Crippen LogP contribution in [0.2, 0.25) is 0 Å². The summed E-state index contributed by atoms with van der Waals surface area (Å²) in [6, 6.07) is 10.0. The fourth-order valence-corrected chi connectivity index (χ4v) is 6.28. The molecular formula is C32H33F4N3O6S. The van der Waals surface area contributed by atoms with E-state index in [-0.39, 0.29) is 22.6 Å². The molecule has 0 bridgehead atoms. The highest BCUT2D eigenvalue weighted by Crippen LogP contribution is 2.35. The largest absolute Gasteiger partial charge is 0.507 e. The molecule has 4 N–H and O–H groups in total. The number of phenolic OH excluding ortho intramolecular Hbond substituents is 1. The van der Waals surface area contributed by atoms with Gasteiger partial charge in [0.1, 0.15) is 23.7 Å². The summed E-state index contributed by atoms with van der Waals surface area (Å²) in [6.45, 7) is -0.579. The summed E-state index contributed by atoms with van der Waals surface area (Å²) < 4.78 is 82.9. The minimum Gasteiger partial charge on any atom is -0.507 e. The minimum absolute atomic E-state index is 0.0942. The highest BCUT2D eigenvalue weighted by Gasteiger charge is 2.44. The van der Waals surface area contributed by atoms with E-state index in [1.807, 2.05) is 0 Å². The van der Waals surface area contributed by atoms with E-state index in [4.69, 9.17) is 0 Å². The van der Waals surface area contributed by atoms with Gasteiger partial charge in [0, 0.05) is 0 Å². The molecule has 1 aliphatic rings. The van der Waals surface area contributed by atoms with Gasteiger partial charge in [0.25, 0.3) is 5.91 Å². The Bertz CT molecular complexity index is 1630. The minimum atomic E-state index is -5.03. The Balaban J connectivity index is 1.59. The molecule has 0 spiro atoms. The lowest BCUT2D eigenvalue weighted by Crippen LogP contribution is -2.56. The average Bonchev–Trinajstić information content (AvgIpc) is 3.85. The van der Waals surface area contributed by atoms with Crippen LogP contribution in [0.1, 0.15) is 47.6 Å². The van der Waals surface area contributed by atoms with Crippen LogP contribution in [0, 0.1) is 11.7 Å². The number of rotatable bonds is 15. The van der Waals surface area contributed by atoms with Crippen molar-refractivity contribution in [1.82, 2.24) is 16.0 Å². The maximum atomic E-state index is 14.3. The first-order chi connectivity index (χ1) is 21.7. The molecule has 1 saturated carbocycles. The zero-order valence-electron chi connectivity index (χ0n) is 24.5. The molecule has 246 valence electrons. The molecule has 2 amide bonds. The molecule has 0 saturated heterocycles. The Morgan fingerprint density at radius 2 is 1.52 bits per heavy atom. The number of para-hydroxylation sites is 1. The van der Waals surface area contributed by atoms with Crippen molar-refractivity contribution in [3.8, 4) is 5.75 Å². The first-order valence-corrected chi connectivity index (χ1v) is 16.1. The summed E-state index contributed by atoms with van der Waals surface area (Å²) in [6.07, 6.45) is -2.61. The molecule has 3 atom stereocenters. The number of ketones is 1. The molecule has 0 heterocycles. The summed E-state index contributed by atoms with van der Waals surface area (Å²) in [5.41, 5.74) is -0.555. The predicted octanol–water partition coefficient (Wildman–Crippen LogP) is 4.24. The van der Waals surface area contributed by atoms with Crippen LogP contribution in [0.25, 0.3) is 0 Å². The van der Waals surface area contributed by atoms with Crippen LogP contribution in [-0.4, -0.2) is 61.7 Å². The molecule has 0 aromatic heterocycles. The Hall–Kier alpha value is -4.30. The van der Waals surface area contributed by atoms with E-state index in [1.165, 1.54) is 48.5 Å².